The van der Waals surface area contributed by atoms with Crippen LogP contribution in [0.5, 0.6) is 0 Å². The van der Waals surface area contributed by atoms with Crippen LogP contribution in [0.4, 0.5) is 10.2 Å². The summed E-state index contributed by atoms with van der Waals surface area (Å²) in [5.41, 5.74) is 2.80. The first-order valence-corrected chi connectivity index (χ1v) is 7.63. The number of halogens is 1. The zero-order chi connectivity index (χ0) is 16.0. The van der Waals surface area contributed by atoms with Crippen LogP contribution in [-0.2, 0) is 0 Å². The molecule has 4 rings (SSSR count). The third kappa shape index (κ3) is 2.45. The molecule has 0 aliphatic carbocycles. The van der Waals surface area contributed by atoms with E-state index >= 15 is 0 Å². The number of aromatic nitrogens is 3. The van der Waals surface area contributed by atoms with Gasteiger partial charge in [0.15, 0.2) is 5.82 Å². The summed E-state index contributed by atoms with van der Waals surface area (Å²) >= 11 is 0. The topological polar surface area (TPSA) is 53.7 Å². The van der Waals surface area contributed by atoms with E-state index < -0.39 is 6.10 Å². The van der Waals surface area contributed by atoms with Crippen molar-refractivity contribution in [2.45, 2.75) is 25.5 Å². The third-order valence-electron chi connectivity index (χ3n) is 4.30. The summed E-state index contributed by atoms with van der Waals surface area (Å²) in [7, 11) is 0. The summed E-state index contributed by atoms with van der Waals surface area (Å²) in [6.45, 7) is 2.44. The highest BCUT2D eigenvalue weighted by atomic mass is 19.1. The molecule has 0 saturated carbocycles. The minimum absolute atomic E-state index is 0.0282. The van der Waals surface area contributed by atoms with Crippen molar-refractivity contribution in [3.63, 3.8) is 0 Å². The van der Waals surface area contributed by atoms with E-state index in [2.05, 4.69) is 15.0 Å². The van der Waals surface area contributed by atoms with Gasteiger partial charge < -0.3 is 10.0 Å². The number of β-amino-alcohol motifs (C(OH)–C–C–N with tert-alkyl or cyclic N) is 1. The fourth-order valence-electron chi connectivity index (χ4n) is 3.30. The lowest BCUT2D eigenvalue weighted by molar-refractivity contribution is 0.194. The van der Waals surface area contributed by atoms with Crippen molar-refractivity contribution in [3.05, 3.63) is 59.8 Å². The fraction of sp³-hybridized carbons (Fsp3) is 0.294. The standard InChI is InChI=1S/C17H17FN4O/c1-11-8-16-17(19-6-7-22(16)20-11)21-10-14(23)9-15(21)12-2-4-13(18)5-3-12/h2-8,14-15,23H,9-10H2,1H3/t14-,15-/m0/s1. The van der Waals surface area contributed by atoms with E-state index in [1.54, 1.807) is 22.8 Å². The molecule has 3 heterocycles. The van der Waals surface area contributed by atoms with Crippen LogP contribution in [0.3, 0.4) is 0 Å². The second-order valence-electron chi connectivity index (χ2n) is 5.98. The van der Waals surface area contributed by atoms with Gasteiger partial charge in [-0.15, -0.1) is 0 Å². The Hall–Kier alpha value is -2.47. The first-order chi connectivity index (χ1) is 11.1. The number of hydrogen-bond donors (Lipinski definition) is 1. The molecule has 1 aromatic carbocycles. The molecule has 23 heavy (non-hydrogen) atoms. The summed E-state index contributed by atoms with van der Waals surface area (Å²) in [5, 5.41) is 14.6. The van der Waals surface area contributed by atoms with Gasteiger partial charge in [0.1, 0.15) is 11.3 Å². The van der Waals surface area contributed by atoms with Crippen molar-refractivity contribution in [1.29, 1.82) is 0 Å². The van der Waals surface area contributed by atoms with Gasteiger partial charge in [0.25, 0.3) is 0 Å². The van der Waals surface area contributed by atoms with Crippen LogP contribution < -0.4 is 4.90 Å². The minimum atomic E-state index is -0.434. The van der Waals surface area contributed by atoms with Crippen LogP contribution in [0.1, 0.15) is 23.7 Å². The van der Waals surface area contributed by atoms with Gasteiger partial charge in [0.2, 0.25) is 0 Å². The summed E-state index contributed by atoms with van der Waals surface area (Å²) in [4.78, 5) is 6.59. The number of anilines is 1. The van der Waals surface area contributed by atoms with E-state index in [0.717, 1.165) is 22.6 Å². The molecular weight excluding hydrogens is 295 g/mol. The number of nitrogens with zero attached hydrogens (tertiary/aromatic N) is 4. The van der Waals surface area contributed by atoms with Crippen LogP contribution >= 0.6 is 0 Å². The number of rotatable bonds is 2. The van der Waals surface area contributed by atoms with E-state index in [4.69, 9.17) is 0 Å². The van der Waals surface area contributed by atoms with Crippen LogP contribution in [-0.4, -0.2) is 32.4 Å². The molecule has 3 aromatic rings. The molecule has 1 aliphatic rings. The molecule has 0 bridgehead atoms. The number of aliphatic hydroxyl groups is 1. The zero-order valence-corrected chi connectivity index (χ0v) is 12.7. The van der Waals surface area contributed by atoms with Crippen molar-refractivity contribution in [3.8, 4) is 0 Å². The molecule has 2 atom stereocenters. The quantitative estimate of drug-likeness (QED) is 0.790. The Morgan fingerprint density at radius 3 is 2.83 bits per heavy atom. The van der Waals surface area contributed by atoms with Gasteiger partial charge in [-0.05, 0) is 37.1 Å². The smallest absolute Gasteiger partial charge is 0.155 e. The number of benzene rings is 1. The molecule has 1 saturated heterocycles. The number of aliphatic hydroxyl groups excluding tert-OH is 1. The Morgan fingerprint density at radius 1 is 1.26 bits per heavy atom. The molecule has 0 unspecified atom stereocenters. The molecule has 5 nitrogen and oxygen atoms in total. The van der Waals surface area contributed by atoms with Gasteiger partial charge in [-0.2, -0.15) is 5.10 Å². The van der Waals surface area contributed by atoms with Gasteiger partial charge in [0.05, 0.1) is 17.8 Å². The maximum absolute atomic E-state index is 13.2. The average Bonchev–Trinajstić information content (AvgIpc) is 3.09. The number of aryl methyl sites for hydroxylation is 1. The highest BCUT2D eigenvalue weighted by molar-refractivity contribution is 5.70. The van der Waals surface area contributed by atoms with E-state index in [0.29, 0.717) is 13.0 Å². The van der Waals surface area contributed by atoms with E-state index in [1.165, 1.54) is 12.1 Å². The highest BCUT2D eigenvalue weighted by Gasteiger charge is 2.34. The monoisotopic (exact) mass is 312 g/mol. The van der Waals surface area contributed by atoms with Crippen LogP contribution in [0, 0.1) is 12.7 Å². The first-order valence-electron chi connectivity index (χ1n) is 7.63. The molecule has 0 amide bonds. The first kappa shape index (κ1) is 14.1. The van der Waals surface area contributed by atoms with Crippen molar-refractivity contribution in [2.75, 3.05) is 11.4 Å². The van der Waals surface area contributed by atoms with E-state index in [-0.39, 0.29) is 11.9 Å². The van der Waals surface area contributed by atoms with Gasteiger partial charge in [-0.25, -0.2) is 13.9 Å². The summed E-state index contributed by atoms with van der Waals surface area (Å²) in [5.74, 6) is 0.532. The molecule has 1 N–H and O–H groups in total. The molecule has 2 aromatic heterocycles. The maximum Gasteiger partial charge on any atom is 0.155 e. The third-order valence-corrected chi connectivity index (χ3v) is 4.30. The van der Waals surface area contributed by atoms with Crippen LogP contribution in [0.15, 0.2) is 42.7 Å². The summed E-state index contributed by atoms with van der Waals surface area (Å²) < 4.78 is 15.0. The Bertz CT molecular complexity index is 845. The molecule has 118 valence electrons. The molecule has 1 fully saturated rings. The lowest BCUT2D eigenvalue weighted by atomic mass is 10.0. The summed E-state index contributed by atoms with van der Waals surface area (Å²) in [6, 6.07) is 8.40. The van der Waals surface area contributed by atoms with Gasteiger partial charge in [0, 0.05) is 18.9 Å². The predicted octanol–water partition coefficient (Wildman–Crippen LogP) is 2.49. The van der Waals surface area contributed by atoms with Crippen LogP contribution in [0.2, 0.25) is 0 Å². The van der Waals surface area contributed by atoms with E-state index in [1.807, 2.05) is 19.2 Å². The Balaban J connectivity index is 1.80. The van der Waals surface area contributed by atoms with Gasteiger partial charge >= 0.3 is 0 Å². The minimum Gasteiger partial charge on any atom is -0.391 e. The van der Waals surface area contributed by atoms with Crippen molar-refractivity contribution < 1.29 is 9.50 Å². The van der Waals surface area contributed by atoms with Crippen molar-refractivity contribution >= 4 is 11.3 Å². The van der Waals surface area contributed by atoms with Gasteiger partial charge in [-0.3, -0.25) is 0 Å². The molecular formula is C17H17FN4O. The normalized spacial score (nSPS) is 21.3. The SMILES string of the molecule is Cc1cc2c(N3C[C@@H](O)C[C@H]3c3ccc(F)cc3)nccn2n1. The number of hydrogen-bond acceptors (Lipinski definition) is 4. The van der Waals surface area contributed by atoms with Gasteiger partial charge in [-0.1, -0.05) is 12.1 Å². The number of fused-ring (bicyclic) bond motifs is 1. The van der Waals surface area contributed by atoms with Crippen molar-refractivity contribution in [2.24, 2.45) is 0 Å². The maximum atomic E-state index is 13.2. The van der Waals surface area contributed by atoms with E-state index in [9.17, 15) is 9.50 Å². The second-order valence-corrected chi connectivity index (χ2v) is 5.98. The Kier molecular flexibility index (Phi) is 3.27. The molecule has 0 radical (unpaired) electrons. The molecule has 6 heteroatoms. The lowest BCUT2D eigenvalue weighted by Gasteiger charge is -2.26. The average molecular weight is 312 g/mol. The lowest BCUT2D eigenvalue weighted by Crippen LogP contribution is -2.25. The fourth-order valence-corrected chi connectivity index (χ4v) is 3.30. The Morgan fingerprint density at radius 2 is 2.04 bits per heavy atom. The Labute approximate surface area is 133 Å². The summed E-state index contributed by atoms with van der Waals surface area (Å²) in [6.07, 6.45) is 3.68. The van der Waals surface area contributed by atoms with Crippen LogP contribution in [0.25, 0.3) is 5.52 Å². The second kappa shape index (κ2) is 5.31. The zero-order valence-electron chi connectivity index (χ0n) is 12.7. The van der Waals surface area contributed by atoms with Crippen molar-refractivity contribution in [1.82, 2.24) is 14.6 Å². The molecule has 1 aliphatic heterocycles. The molecule has 0 spiro atoms. The predicted molar refractivity (Wildman–Crippen MR) is 84.8 cm³/mol. The largest absolute Gasteiger partial charge is 0.391 e. The highest BCUT2D eigenvalue weighted by Crippen LogP contribution is 2.37.